The second-order valence-electron chi connectivity index (χ2n) is 5.24. The molecule has 0 aliphatic carbocycles. The van der Waals surface area contributed by atoms with E-state index < -0.39 is 0 Å². The topological polar surface area (TPSA) is 46.3 Å². The molecule has 1 aliphatic rings. The fourth-order valence-corrected chi connectivity index (χ4v) is 2.53. The van der Waals surface area contributed by atoms with Crippen molar-refractivity contribution >= 4 is 5.91 Å². The van der Waals surface area contributed by atoms with Gasteiger partial charge in [0.25, 0.3) is 5.91 Å². The van der Waals surface area contributed by atoms with Crippen LogP contribution in [0.1, 0.15) is 47.2 Å². The van der Waals surface area contributed by atoms with Gasteiger partial charge < -0.3 is 10.6 Å². The maximum absolute atomic E-state index is 12.7. The Morgan fingerprint density at radius 2 is 1.95 bits per heavy atom. The minimum atomic E-state index is 0.140. The Hall–Kier alpha value is -1.79. The van der Waals surface area contributed by atoms with Gasteiger partial charge in [0.15, 0.2) is 0 Å². The lowest BCUT2D eigenvalue weighted by atomic mass is 10.0. The summed E-state index contributed by atoms with van der Waals surface area (Å²) in [5.41, 5.74) is 8.04. The summed E-state index contributed by atoms with van der Waals surface area (Å²) < 4.78 is 0. The highest BCUT2D eigenvalue weighted by molar-refractivity contribution is 5.96. The van der Waals surface area contributed by atoms with E-state index in [9.17, 15) is 4.79 Å². The molecular weight excluding hydrogens is 248 g/mol. The third-order valence-corrected chi connectivity index (χ3v) is 3.70. The van der Waals surface area contributed by atoms with Crippen molar-refractivity contribution in [1.82, 2.24) is 4.90 Å². The van der Waals surface area contributed by atoms with Crippen LogP contribution in [0, 0.1) is 18.8 Å². The molecule has 1 saturated heterocycles. The highest BCUT2D eigenvalue weighted by atomic mass is 16.2. The molecule has 0 spiro atoms. The van der Waals surface area contributed by atoms with Gasteiger partial charge in [0, 0.05) is 24.2 Å². The minimum absolute atomic E-state index is 0.140. The third-order valence-electron chi connectivity index (χ3n) is 3.70. The van der Waals surface area contributed by atoms with Crippen LogP contribution in [-0.2, 0) is 0 Å². The van der Waals surface area contributed by atoms with Crippen LogP contribution < -0.4 is 5.73 Å². The standard InChI is InChI=1S/C17H22N2O/c1-14-8-9-15(7-6-10-18)13-16(14)17(20)19-11-4-2-3-5-12-19/h8-9,13H,2-5,10-12,18H2,1H3. The Morgan fingerprint density at radius 1 is 1.25 bits per heavy atom. The van der Waals surface area contributed by atoms with Crippen molar-refractivity contribution in [3.63, 3.8) is 0 Å². The van der Waals surface area contributed by atoms with Gasteiger partial charge in [-0.15, -0.1) is 0 Å². The molecule has 20 heavy (non-hydrogen) atoms. The minimum Gasteiger partial charge on any atom is -0.339 e. The van der Waals surface area contributed by atoms with Crippen molar-refractivity contribution in [2.24, 2.45) is 5.73 Å². The Kier molecular flexibility index (Phi) is 5.20. The molecule has 0 radical (unpaired) electrons. The third kappa shape index (κ3) is 3.61. The van der Waals surface area contributed by atoms with Crippen molar-refractivity contribution in [2.45, 2.75) is 32.6 Å². The Balaban J connectivity index is 2.23. The van der Waals surface area contributed by atoms with Gasteiger partial charge in [-0.25, -0.2) is 0 Å². The zero-order valence-electron chi connectivity index (χ0n) is 12.1. The lowest BCUT2D eigenvalue weighted by molar-refractivity contribution is 0.0761. The van der Waals surface area contributed by atoms with Crippen LogP contribution in [0.4, 0.5) is 0 Å². The molecule has 0 unspecified atom stereocenters. The molecule has 0 bridgehead atoms. The summed E-state index contributed by atoms with van der Waals surface area (Å²) in [6.07, 6.45) is 4.67. The van der Waals surface area contributed by atoms with Gasteiger partial charge in [0.2, 0.25) is 0 Å². The van der Waals surface area contributed by atoms with Gasteiger partial charge in [0.1, 0.15) is 0 Å². The summed E-state index contributed by atoms with van der Waals surface area (Å²) >= 11 is 0. The molecule has 2 rings (SSSR count). The monoisotopic (exact) mass is 270 g/mol. The Labute approximate surface area is 121 Å². The Morgan fingerprint density at radius 3 is 2.60 bits per heavy atom. The van der Waals surface area contributed by atoms with Crippen LogP contribution in [0.25, 0.3) is 0 Å². The molecule has 3 heteroatoms. The second-order valence-corrected chi connectivity index (χ2v) is 5.24. The molecule has 1 heterocycles. The summed E-state index contributed by atoms with van der Waals surface area (Å²) in [6, 6.07) is 5.80. The van der Waals surface area contributed by atoms with Crippen LogP contribution in [0.2, 0.25) is 0 Å². The first-order valence-electron chi connectivity index (χ1n) is 7.31. The van der Waals surface area contributed by atoms with Crippen LogP contribution in [-0.4, -0.2) is 30.4 Å². The van der Waals surface area contributed by atoms with Crippen molar-refractivity contribution in [3.8, 4) is 11.8 Å². The molecule has 1 amide bonds. The Bertz CT molecular complexity index is 532. The van der Waals surface area contributed by atoms with Gasteiger partial charge in [-0.05, 0) is 37.5 Å². The first-order chi connectivity index (χ1) is 9.72. The number of benzene rings is 1. The number of hydrogen-bond donors (Lipinski definition) is 1. The van der Waals surface area contributed by atoms with Crippen LogP contribution in [0.3, 0.4) is 0 Å². The molecule has 3 nitrogen and oxygen atoms in total. The van der Waals surface area contributed by atoms with E-state index in [1.807, 2.05) is 30.0 Å². The predicted octanol–water partition coefficient (Wildman–Crippen LogP) is 2.32. The van der Waals surface area contributed by atoms with E-state index in [2.05, 4.69) is 11.8 Å². The summed E-state index contributed by atoms with van der Waals surface area (Å²) in [4.78, 5) is 14.6. The molecule has 1 aromatic rings. The number of carbonyl (C=O) groups excluding carboxylic acids is 1. The summed E-state index contributed by atoms with van der Waals surface area (Å²) in [6.45, 7) is 4.06. The maximum Gasteiger partial charge on any atom is 0.254 e. The van der Waals surface area contributed by atoms with Crippen LogP contribution in [0.5, 0.6) is 0 Å². The number of aryl methyl sites for hydroxylation is 1. The average Bonchev–Trinajstić information content (AvgIpc) is 2.75. The smallest absolute Gasteiger partial charge is 0.254 e. The predicted molar refractivity (Wildman–Crippen MR) is 81.5 cm³/mol. The van der Waals surface area contributed by atoms with E-state index in [0.29, 0.717) is 6.54 Å². The number of rotatable bonds is 1. The number of amides is 1. The van der Waals surface area contributed by atoms with Crippen LogP contribution >= 0.6 is 0 Å². The fraction of sp³-hybridized carbons (Fsp3) is 0.471. The lowest BCUT2D eigenvalue weighted by Gasteiger charge is -2.21. The van der Waals surface area contributed by atoms with Gasteiger partial charge in [-0.3, -0.25) is 4.79 Å². The van der Waals surface area contributed by atoms with Gasteiger partial charge >= 0.3 is 0 Å². The molecular formula is C17H22N2O. The zero-order chi connectivity index (χ0) is 14.4. The molecule has 0 saturated carbocycles. The number of nitrogens with two attached hydrogens (primary N) is 1. The van der Waals surface area contributed by atoms with Crippen molar-refractivity contribution < 1.29 is 4.79 Å². The van der Waals surface area contributed by atoms with Crippen LogP contribution in [0.15, 0.2) is 18.2 Å². The van der Waals surface area contributed by atoms with Gasteiger partial charge in [-0.2, -0.15) is 0 Å². The molecule has 0 atom stereocenters. The molecule has 2 N–H and O–H groups in total. The highest BCUT2D eigenvalue weighted by Crippen LogP contribution is 2.17. The van der Waals surface area contributed by atoms with Crippen molar-refractivity contribution in [3.05, 3.63) is 34.9 Å². The second kappa shape index (κ2) is 7.12. The number of likely N-dealkylation sites (tertiary alicyclic amines) is 1. The molecule has 1 fully saturated rings. The van der Waals surface area contributed by atoms with E-state index in [1.165, 1.54) is 12.8 Å². The molecule has 0 aromatic heterocycles. The van der Waals surface area contributed by atoms with E-state index in [0.717, 1.165) is 42.6 Å². The SMILES string of the molecule is Cc1ccc(C#CCN)cc1C(=O)N1CCCCCC1. The number of carbonyl (C=O) groups is 1. The summed E-state index contributed by atoms with van der Waals surface area (Å²) in [5, 5.41) is 0. The van der Waals surface area contributed by atoms with Gasteiger partial charge in [-0.1, -0.05) is 30.7 Å². The fourth-order valence-electron chi connectivity index (χ4n) is 2.53. The lowest BCUT2D eigenvalue weighted by Crippen LogP contribution is -2.32. The molecule has 106 valence electrons. The summed E-state index contributed by atoms with van der Waals surface area (Å²) in [5.74, 6) is 5.97. The van der Waals surface area contributed by atoms with E-state index in [4.69, 9.17) is 5.73 Å². The first kappa shape index (κ1) is 14.6. The first-order valence-corrected chi connectivity index (χ1v) is 7.31. The maximum atomic E-state index is 12.7. The highest BCUT2D eigenvalue weighted by Gasteiger charge is 2.18. The van der Waals surface area contributed by atoms with Crippen molar-refractivity contribution in [1.29, 1.82) is 0 Å². The normalized spacial score (nSPS) is 15.2. The van der Waals surface area contributed by atoms with E-state index in [-0.39, 0.29) is 5.91 Å². The quantitative estimate of drug-likeness (QED) is 0.796. The average molecular weight is 270 g/mol. The largest absolute Gasteiger partial charge is 0.339 e. The number of hydrogen-bond acceptors (Lipinski definition) is 2. The van der Waals surface area contributed by atoms with Gasteiger partial charge in [0.05, 0.1) is 6.54 Å². The number of nitrogens with zero attached hydrogens (tertiary/aromatic N) is 1. The molecule has 1 aromatic carbocycles. The summed E-state index contributed by atoms with van der Waals surface area (Å²) in [7, 11) is 0. The van der Waals surface area contributed by atoms with E-state index in [1.54, 1.807) is 0 Å². The molecule has 1 aliphatic heterocycles. The van der Waals surface area contributed by atoms with Crippen molar-refractivity contribution in [2.75, 3.05) is 19.6 Å². The zero-order valence-corrected chi connectivity index (χ0v) is 12.1. The van der Waals surface area contributed by atoms with E-state index >= 15 is 0 Å².